The maximum Gasteiger partial charge on any atom is 0.327 e. The van der Waals surface area contributed by atoms with Crippen LogP contribution in [0, 0.1) is 5.92 Å². The first-order chi connectivity index (χ1) is 8.52. The van der Waals surface area contributed by atoms with Crippen LogP contribution in [0.15, 0.2) is 6.20 Å². The van der Waals surface area contributed by atoms with Crippen molar-refractivity contribution >= 4 is 35.4 Å². The Bertz CT molecular complexity index is 449. The van der Waals surface area contributed by atoms with Gasteiger partial charge >= 0.3 is 5.97 Å². The van der Waals surface area contributed by atoms with Crippen molar-refractivity contribution in [2.75, 3.05) is 5.75 Å². The second-order valence-electron chi connectivity index (χ2n) is 4.33. The van der Waals surface area contributed by atoms with Gasteiger partial charge in [0.2, 0.25) is 0 Å². The summed E-state index contributed by atoms with van der Waals surface area (Å²) in [6, 6.07) is -0.781. The van der Waals surface area contributed by atoms with Crippen LogP contribution in [0.25, 0.3) is 0 Å². The molecule has 1 saturated heterocycles. The normalized spacial score (nSPS) is 23.6. The molecule has 2 atom stereocenters. The van der Waals surface area contributed by atoms with Gasteiger partial charge in [0.1, 0.15) is 6.04 Å². The van der Waals surface area contributed by atoms with Crippen molar-refractivity contribution in [2.24, 2.45) is 5.92 Å². The quantitative estimate of drug-likeness (QED) is 0.898. The minimum atomic E-state index is -0.970. The lowest BCUT2D eigenvalue weighted by Crippen LogP contribution is -2.47. The van der Waals surface area contributed by atoms with Crippen molar-refractivity contribution in [1.29, 1.82) is 0 Å². The molecule has 1 aromatic heterocycles. The SMILES string of the molecule is CC(C)C1SCC(C(=O)O)N1C(=O)c1cnsn1. The lowest BCUT2D eigenvalue weighted by molar-refractivity contribution is -0.141. The molecule has 1 N–H and O–H groups in total. The number of amides is 1. The Kier molecular flexibility index (Phi) is 3.86. The third-order valence-electron chi connectivity index (χ3n) is 2.71. The Hall–Kier alpha value is -1.15. The number of carboxylic acid groups (broad SMARTS) is 1. The fourth-order valence-electron chi connectivity index (χ4n) is 1.88. The maximum absolute atomic E-state index is 12.3. The number of nitrogens with zero attached hydrogens (tertiary/aromatic N) is 3. The number of carbonyl (C=O) groups is 2. The molecule has 0 spiro atoms. The molecule has 2 heterocycles. The van der Waals surface area contributed by atoms with Gasteiger partial charge in [-0.1, -0.05) is 13.8 Å². The van der Waals surface area contributed by atoms with E-state index in [0.29, 0.717) is 5.75 Å². The number of thioether (sulfide) groups is 1. The van der Waals surface area contributed by atoms with Crippen LogP contribution < -0.4 is 0 Å². The highest BCUT2D eigenvalue weighted by atomic mass is 32.2. The molecule has 6 nitrogen and oxygen atoms in total. The van der Waals surface area contributed by atoms with Gasteiger partial charge in [-0.25, -0.2) is 4.79 Å². The molecule has 0 aliphatic carbocycles. The first-order valence-corrected chi connectivity index (χ1v) is 7.25. The molecule has 0 bridgehead atoms. The fourth-order valence-corrected chi connectivity index (χ4v) is 3.76. The van der Waals surface area contributed by atoms with E-state index in [4.69, 9.17) is 0 Å². The zero-order valence-electron chi connectivity index (χ0n) is 9.94. The highest BCUT2D eigenvalue weighted by Gasteiger charge is 2.43. The summed E-state index contributed by atoms with van der Waals surface area (Å²) in [7, 11) is 0. The highest BCUT2D eigenvalue weighted by Crippen LogP contribution is 2.35. The molecule has 1 aliphatic heterocycles. The van der Waals surface area contributed by atoms with Crippen LogP contribution in [0.5, 0.6) is 0 Å². The van der Waals surface area contributed by atoms with Crippen molar-refractivity contribution in [2.45, 2.75) is 25.3 Å². The molecule has 1 amide bonds. The Morgan fingerprint density at radius 1 is 1.56 bits per heavy atom. The van der Waals surface area contributed by atoms with Gasteiger partial charge in [-0.3, -0.25) is 4.79 Å². The second kappa shape index (κ2) is 5.23. The summed E-state index contributed by atoms with van der Waals surface area (Å²) in [6.07, 6.45) is 1.38. The molecule has 1 aromatic rings. The standard InChI is InChI=1S/C10H13N3O3S2/c1-5(2)9-13(7(4-17-9)10(15)16)8(14)6-3-11-18-12-6/h3,5,7,9H,4H2,1-2H3,(H,15,16). The summed E-state index contributed by atoms with van der Waals surface area (Å²) in [4.78, 5) is 24.9. The van der Waals surface area contributed by atoms with Gasteiger partial charge < -0.3 is 10.0 Å². The lowest BCUT2D eigenvalue weighted by atomic mass is 10.1. The Morgan fingerprint density at radius 2 is 2.28 bits per heavy atom. The summed E-state index contributed by atoms with van der Waals surface area (Å²) in [5.41, 5.74) is 0.222. The van der Waals surface area contributed by atoms with Gasteiger partial charge in [-0.2, -0.15) is 8.75 Å². The van der Waals surface area contributed by atoms with E-state index in [1.54, 1.807) is 0 Å². The largest absolute Gasteiger partial charge is 0.480 e. The van der Waals surface area contributed by atoms with Crippen LogP contribution in [-0.2, 0) is 4.79 Å². The van der Waals surface area contributed by atoms with Crippen LogP contribution in [0.4, 0.5) is 0 Å². The van der Waals surface area contributed by atoms with Gasteiger partial charge in [-0.15, -0.1) is 11.8 Å². The van der Waals surface area contributed by atoms with E-state index in [1.165, 1.54) is 22.9 Å². The van der Waals surface area contributed by atoms with Crippen molar-refractivity contribution in [1.82, 2.24) is 13.6 Å². The number of hydrogen-bond acceptors (Lipinski definition) is 6. The van der Waals surface area contributed by atoms with Crippen molar-refractivity contribution in [3.8, 4) is 0 Å². The van der Waals surface area contributed by atoms with E-state index >= 15 is 0 Å². The smallest absolute Gasteiger partial charge is 0.327 e. The van der Waals surface area contributed by atoms with Gasteiger partial charge in [0, 0.05) is 5.75 Å². The van der Waals surface area contributed by atoms with E-state index in [2.05, 4.69) is 8.75 Å². The van der Waals surface area contributed by atoms with Crippen LogP contribution in [0.1, 0.15) is 24.3 Å². The minimum Gasteiger partial charge on any atom is -0.480 e. The van der Waals surface area contributed by atoms with E-state index in [-0.39, 0.29) is 22.9 Å². The van der Waals surface area contributed by atoms with Crippen LogP contribution in [0.2, 0.25) is 0 Å². The summed E-state index contributed by atoms with van der Waals surface area (Å²) in [5, 5.41) is 9.06. The number of carboxylic acids is 1. The van der Waals surface area contributed by atoms with Crippen LogP contribution >= 0.6 is 23.5 Å². The zero-order chi connectivity index (χ0) is 13.3. The van der Waals surface area contributed by atoms with Gasteiger partial charge in [0.25, 0.3) is 5.91 Å². The number of hydrogen-bond donors (Lipinski definition) is 1. The predicted octanol–water partition coefficient (Wildman–Crippen LogP) is 1.16. The maximum atomic E-state index is 12.3. The summed E-state index contributed by atoms with van der Waals surface area (Å²) >= 11 is 2.44. The third-order valence-corrected chi connectivity index (χ3v) is 4.80. The van der Waals surface area contributed by atoms with Crippen molar-refractivity contribution in [3.05, 3.63) is 11.9 Å². The van der Waals surface area contributed by atoms with E-state index in [0.717, 1.165) is 11.7 Å². The summed E-state index contributed by atoms with van der Waals surface area (Å²) < 4.78 is 7.67. The molecule has 2 rings (SSSR count). The first-order valence-electron chi connectivity index (χ1n) is 5.47. The van der Waals surface area contributed by atoms with E-state index < -0.39 is 12.0 Å². The summed E-state index contributed by atoms with van der Waals surface area (Å²) in [6.45, 7) is 3.95. The van der Waals surface area contributed by atoms with Gasteiger partial charge in [0.05, 0.1) is 23.3 Å². The third kappa shape index (κ3) is 2.35. The van der Waals surface area contributed by atoms with Gasteiger partial charge in [0.15, 0.2) is 5.69 Å². The number of rotatable bonds is 3. The molecule has 98 valence electrons. The van der Waals surface area contributed by atoms with Crippen molar-refractivity contribution in [3.63, 3.8) is 0 Å². The number of aromatic nitrogens is 2. The van der Waals surface area contributed by atoms with Crippen molar-refractivity contribution < 1.29 is 14.7 Å². The molecule has 0 saturated carbocycles. The predicted molar refractivity (Wildman–Crippen MR) is 68.6 cm³/mol. The first kappa shape index (κ1) is 13.3. The molecular weight excluding hydrogens is 274 g/mol. The monoisotopic (exact) mass is 287 g/mol. The average Bonchev–Trinajstić information content (AvgIpc) is 2.97. The molecule has 0 radical (unpaired) electrons. The van der Waals surface area contributed by atoms with E-state index in [1.807, 2.05) is 13.8 Å². The molecular formula is C10H13N3O3S2. The Balaban J connectivity index is 2.29. The molecule has 0 aromatic carbocycles. The minimum absolute atomic E-state index is 0.125. The molecule has 8 heteroatoms. The zero-order valence-corrected chi connectivity index (χ0v) is 11.6. The summed E-state index contributed by atoms with van der Waals surface area (Å²) in [5.74, 6) is -0.710. The molecule has 1 aliphatic rings. The molecule has 18 heavy (non-hydrogen) atoms. The van der Waals surface area contributed by atoms with Crippen LogP contribution in [0.3, 0.4) is 0 Å². The fraction of sp³-hybridized carbons (Fsp3) is 0.600. The average molecular weight is 287 g/mol. The Labute approximate surface area is 113 Å². The second-order valence-corrected chi connectivity index (χ2v) is 6.03. The lowest BCUT2D eigenvalue weighted by Gasteiger charge is -2.28. The topological polar surface area (TPSA) is 83.4 Å². The Morgan fingerprint density at radius 3 is 2.78 bits per heavy atom. The number of aliphatic carboxylic acids is 1. The molecule has 2 unspecified atom stereocenters. The van der Waals surface area contributed by atoms with Gasteiger partial charge in [-0.05, 0) is 5.92 Å². The highest BCUT2D eigenvalue weighted by molar-refractivity contribution is 8.00. The molecule has 1 fully saturated rings. The number of carbonyl (C=O) groups excluding carboxylic acids is 1. The van der Waals surface area contributed by atoms with E-state index in [9.17, 15) is 14.7 Å². The van der Waals surface area contributed by atoms with Crippen LogP contribution in [-0.4, -0.2) is 47.8 Å².